The Bertz CT molecular complexity index is 368. The maximum atomic E-state index is 13.7. The van der Waals surface area contributed by atoms with Crippen LogP contribution in [0.25, 0.3) is 0 Å². The van der Waals surface area contributed by atoms with Crippen LogP contribution in [0.3, 0.4) is 0 Å². The molecule has 3 N–H and O–H groups in total. The highest BCUT2D eigenvalue weighted by Crippen LogP contribution is 2.32. The van der Waals surface area contributed by atoms with Gasteiger partial charge in [-0.2, -0.15) is 0 Å². The normalized spacial score (nSPS) is 16.9. The lowest BCUT2D eigenvalue weighted by atomic mass is 9.74. The van der Waals surface area contributed by atoms with Gasteiger partial charge in [-0.3, -0.25) is 0 Å². The molecular weight excluding hydrogens is 212 g/mol. The van der Waals surface area contributed by atoms with Gasteiger partial charge in [0.25, 0.3) is 0 Å². The van der Waals surface area contributed by atoms with Gasteiger partial charge in [0.2, 0.25) is 0 Å². The Morgan fingerprint density at radius 3 is 2.56 bits per heavy atom. The summed E-state index contributed by atoms with van der Waals surface area (Å²) >= 11 is 0. The summed E-state index contributed by atoms with van der Waals surface area (Å²) in [4.78, 5) is 0. The molecule has 0 bridgehead atoms. The quantitative estimate of drug-likeness (QED) is 0.829. The van der Waals surface area contributed by atoms with Crippen molar-refractivity contribution in [1.29, 1.82) is 0 Å². The zero-order valence-electron chi connectivity index (χ0n) is 9.50. The number of hydrogen-bond donors (Lipinski definition) is 2. The first-order valence-electron chi connectivity index (χ1n) is 5.24. The van der Waals surface area contributed by atoms with Crippen molar-refractivity contribution in [2.45, 2.75) is 31.7 Å². The van der Waals surface area contributed by atoms with E-state index in [2.05, 4.69) is 0 Å². The lowest BCUT2D eigenvalue weighted by molar-refractivity contribution is 0.225. The van der Waals surface area contributed by atoms with Gasteiger partial charge in [0, 0.05) is 18.1 Å². The fraction of sp³-hybridized carbons (Fsp3) is 0.500. The van der Waals surface area contributed by atoms with E-state index in [1.165, 1.54) is 12.1 Å². The topological polar surface area (TPSA) is 46.2 Å². The summed E-state index contributed by atoms with van der Waals surface area (Å²) < 4.78 is 26.8. The first-order chi connectivity index (χ1) is 7.43. The first-order valence-corrected chi connectivity index (χ1v) is 5.24. The summed E-state index contributed by atoms with van der Waals surface area (Å²) in [5.74, 6) is -1.77. The average molecular weight is 229 g/mol. The second-order valence-electron chi connectivity index (χ2n) is 4.28. The number of aliphatic hydroxyl groups excluding tert-OH is 1. The van der Waals surface area contributed by atoms with Crippen molar-refractivity contribution in [3.63, 3.8) is 0 Å². The Morgan fingerprint density at radius 2 is 2.06 bits per heavy atom. The summed E-state index contributed by atoms with van der Waals surface area (Å²) in [7, 11) is 0. The molecule has 0 saturated heterocycles. The molecule has 0 amide bonds. The van der Waals surface area contributed by atoms with Gasteiger partial charge in [-0.15, -0.1) is 0 Å². The van der Waals surface area contributed by atoms with Gasteiger partial charge in [0.1, 0.15) is 0 Å². The van der Waals surface area contributed by atoms with Gasteiger partial charge in [-0.25, -0.2) is 8.78 Å². The number of halogens is 2. The van der Waals surface area contributed by atoms with Crippen LogP contribution >= 0.6 is 0 Å². The molecule has 2 unspecified atom stereocenters. The van der Waals surface area contributed by atoms with Crippen molar-refractivity contribution in [2.24, 2.45) is 5.73 Å². The van der Waals surface area contributed by atoms with Crippen LogP contribution in [-0.4, -0.2) is 17.8 Å². The molecule has 0 radical (unpaired) electrons. The molecule has 16 heavy (non-hydrogen) atoms. The molecule has 0 heterocycles. The third-order valence-electron chi connectivity index (χ3n) is 3.20. The number of aliphatic hydroxyl groups is 1. The fourth-order valence-electron chi connectivity index (χ4n) is 1.78. The number of nitrogens with two attached hydrogens (primary N) is 1. The monoisotopic (exact) mass is 229 g/mol. The summed E-state index contributed by atoms with van der Waals surface area (Å²) in [6.07, 6.45) is 0.297. The number of rotatable bonds is 4. The predicted octanol–water partition coefficient (Wildman–Crippen LogP) is 1.95. The van der Waals surface area contributed by atoms with E-state index in [4.69, 9.17) is 10.8 Å². The highest BCUT2D eigenvalue weighted by molar-refractivity contribution is 5.29. The number of benzene rings is 1. The van der Waals surface area contributed by atoms with Gasteiger partial charge in [0.15, 0.2) is 11.6 Å². The van der Waals surface area contributed by atoms with Crippen molar-refractivity contribution < 1.29 is 13.9 Å². The molecule has 2 atom stereocenters. The largest absolute Gasteiger partial charge is 0.396 e. The van der Waals surface area contributed by atoms with Crippen LogP contribution in [-0.2, 0) is 5.41 Å². The molecule has 0 aliphatic carbocycles. The lowest BCUT2D eigenvalue weighted by Crippen LogP contribution is -2.42. The third kappa shape index (κ3) is 2.23. The zero-order chi connectivity index (χ0) is 12.3. The molecule has 90 valence electrons. The van der Waals surface area contributed by atoms with Gasteiger partial charge in [0.05, 0.1) is 0 Å². The van der Waals surface area contributed by atoms with Crippen molar-refractivity contribution in [3.8, 4) is 0 Å². The maximum Gasteiger partial charge on any atom is 0.162 e. The van der Waals surface area contributed by atoms with Crippen LogP contribution in [0.2, 0.25) is 0 Å². The second-order valence-corrected chi connectivity index (χ2v) is 4.28. The Labute approximate surface area is 94.1 Å². The van der Waals surface area contributed by atoms with Crippen LogP contribution < -0.4 is 5.73 Å². The highest BCUT2D eigenvalue weighted by Gasteiger charge is 2.33. The summed E-state index contributed by atoms with van der Waals surface area (Å²) in [6.45, 7) is 3.33. The van der Waals surface area contributed by atoms with Crippen molar-refractivity contribution in [3.05, 3.63) is 35.4 Å². The molecule has 0 saturated carbocycles. The van der Waals surface area contributed by atoms with Crippen molar-refractivity contribution >= 4 is 0 Å². The van der Waals surface area contributed by atoms with Gasteiger partial charge < -0.3 is 10.8 Å². The van der Waals surface area contributed by atoms with Gasteiger partial charge in [-0.05, 0) is 25.0 Å². The van der Waals surface area contributed by atoms with E-state index in [1.807, 2.05) is 0 Å². The van der Waals surface area contributed by atoms with Crippen LogP contribution in [0.15, 0.2) is 18.2 Å². The molecule has 4 heteroatoms. The molecule has 0 aliphatic rings. The highest BCUT2D eigenvalue weighted by atomic mass is 19.2. The molecule has 0 aromatic heterocycles. The Morgan fingerprint density at radius 1 is 1.44 bits per heavy atom. The smallest absolute Gasteiger partial charge is 0.162 e. The summed E-state index contributed by atoms with van der Waals surface area (Å²) in [5, 5.41) is 9.00. The molecule has 1 rings (SSSR count). The Hall–Kier alpha value is -1.00. The minimum absolute atomic E-state index is 0.117. The van der Waals surface area contributed by atoms with Crippen LogP contribution in [0, 0.1) is 11.6 Å². The minimum atomic E-state index is -0.887. The van der Waals surface area contributed by atoms with E-state index in [-0.39, 0.29) is 18.2 Å². The number of hydrogen-bond acceptors (Lipinski definition) is 2. The van der Waals surface area contributed by atoms with E-state index in [9.17, 15) is 8.78 Å². The lowest BCUT2D eigenvalue weighted by Gasteiger charge is -2.34. The standard InChI is InChI=1S/C12H17F2NO/c1-8(15)12(2,6-7-16)9-4-3-5-10(13)11(9)14/h3-5,8,16H,6-7,15H2,1-2H3. The van der Waals surface area contributed by atoms with E-state index in [0.717, 1.165) is 6.07 Å². The van der Waals surface area contributed by atoms with Crippen LogP contribution in [0.5, 0.6) is 0 Å². The van der Waals surface area contributed by atoms with Gasteiger partial charge in [-0.1, -0.05) is 19.1 Å². The summed E-state index contributed by atoms with van der Waals surface area (Å²) in [5.41, 5.74) is 5.26. The SMILES string of the molecule is CC(N)C(C)(CCO)c1cccc(F)c1F. The van der Waals surface area contributed by atoms with E-state index in [1.54, 1.807) is 13.8 Å². The molecule has 0 spiro atoms. The van der Waals surface area contributed by atoms with E-state index < -0.39 is 17.0 Å². The summed E-state index contributed by atoms with van der Waals surface area (Å²) in [6, 6.07) is 3.65. The minimum Gasteiger partial charge on any atom is -0.396 e. The maximum absolute atomic E-state index is 13.7. The molecule has 2 nitrogen and oxygen atoms in total. The second kappa shape index (κ2) is 4.89. The third-order valence-corrected chi connectivity index (χ3v) is 3.20. The Kier molecular flexibility index (Phi) is 3.99. The fourth-order valence-corrected chi connectivity index (χ4v) is 1.78. The van der Waals surface area contributed by atoms with Crippen molar-refractivity contribution in [1.82, 2.24) is 0 Å². The molecule has 1 aromatic carbocycles. The van der Waals surface area contributed by atoms with E-state index in [0.29, 0.717) is 6.42 Å². The molecular formula is C12H17F2NO. The van der Waals surface area contributed by atoms with Gasteiger partial charge >= 0.3 is 0 Å². The molecule has 1 aromatic rings. The van der Waals surface area contributed by atoms with E-state index >= 15 is 0 Å². The Balaban J connectivity index is 3.26. The molecule has 0 aliphatic heterocycles. The average Bonchev–Trinajstić information content (AvgIpc) is 2.22. The zero-order valence-corrected chi connectivity index (χ0v) is 9.50. The van der Waals surface area contributed by atoms with Crippen LogP contribution in [0.4, 0.5) is 8.78 Å². The predicted molar refractivity (Wildman–Crippen MR) is 59.1 cm³/mol. The van der Waals surface area contributed by atoms with Crippen molar-refractivity contribution in [2.75, 3.05) is 6.61 Å². The van der Waals surface area contributed by atoms with Crippen LogP contribution in [0.1, 0.15) is 25.8 Å². The molecule has 0 fully saturated rings. The first kappa shape index (κ1) is 13.1.